The number of hydrogen-bond acceptors (Lipinski definition) is 29. The van der Waals surface area contributed by atoms with Crippen molar-refractivity contribution in [1.82, 2.24) is 131 Å². The first-order chi connectivity index (χ1) is 67.4. The van der Waals surface area contributed by atoms with Gasteiger partial charge in [0.15, 0.2) is 5.82 Å². The molecule has 11 atom stereocenters. The first-order valence-corrected chi connectivity index (χ1v) is 45.3. The number of imidazole rings is 1. The van der Waals surface area contributed by atoms with Crippen LogP contribution in [-0.2, 0) is 138 Å². The number of aromatic amines is 2. The number of nitrogens with two attached hydrogens (primary N) is 1. The van der Waals surface area contributed by atoms with Crippen molar-refractivity contribution in [2.24, 2.45) is 11.1 Å². The van der Waals surface area contributed by atoms with Gasteiger partial charge in [-0.05, 0) is 149 Å². The SMILES string of the molecule is CCc1cc(OCCCCn2cc(CNC(=O)CNC(=O)CNC(=O)CNC(=O)CNC(=O)[C@H](CO)NC(C)=O)nn2)ccc1-c1ccc(C[C@H](NC(=O)[C@H](CC(=O)O)NC(=O)[C@H](CO)NC(=O)[C@@H](NC(=O)[C@](C)(Cc2ccccc2F)NC(=O)[C@@H](NC(=O)CNC(=O)[C@H](Cc2nnn[nH]2)NC(=O)C(C)(C)C(=O)NCCc2cnc[nH]2)[C@@H](C)O)[C@@H](C)O)C(=O)N[C@@H](CCCc2cc(C)cc(C)c2)C(N)=O)cc1. The number of ether oxygens (including phenoxy) is 1. The number of hydrogen-bond donors (Lipinski definition) is 24. The molecule has 768 valence electrons. The van der Waals surface area contributed by atoms with Gasteiger partial charge < -0.3 is 126 Å². The number of aliphatic hydroxyl groups is 4. The zero-order valence-corrected chi connectivity index (χ0v) is 79.7. The molecular formula is C91H123FN26O24. The van der Waals surface area contributed by atoms with Crippen LogP contribution in [0.15, 0.2) is 104 Å². The summed E-state index contributed by atoms with van der Waals surface area (Å²) in [6.45, 7) is 8.40. The number of H-pyrrole nitrogens is 2. The number of nitrogens with one attached hydrogen (secondary N) is 18. The van der Waals surface area contributed by atoms with Crippen molar-refractivity contribution in [2.45, 2.75) is 212 Å². The van der Waals surface area contributed by atoms with Crippen LogP contribution in [0.2, 0.25) is 0 Å². The molecule has 0 aliphatic carbocycles. The van der Waals surface area contributed by atoms with Gasteiger partial charge in [0, 0.05) is 57.6 Å². The van der Waals surface area contributed by atoms with Gasteiger partial charge >= 0.3 is 5.97 Å². The largest absolute Gasteiger partial charge is 0.494 e. The average Bonchev–Trinajstić information content (AvgIpc) is 1.27. The lowest BCUT2D eigenvalue weighted by molar-refractivity contribution is -0.143. The van der Waals surface area contributed by atoms with Crippen molar-refractivity contribution in [3.63, 3.8) is 0 Å². The monoisotopic (exact) mass is 1980 g/mol. The maximum atomic E-state index is 15.6. The number of carbonyl (C=O) groups excluding carboxylic acids is 17. The maximum absolute atomic E-state index is 15.6. The van der Waals surface area contributed by atoms with Gasteiger partial charge in [-0.1, -0.05) is 90.0 Å². The number of benzene rings is 4. The lowest BCUT2D eigenvalue weighted by atomic mass is 9.90. The molecule has 0 unspecified atom stereocenters. The molecule has 7 rings (SSSR count). The molecular weight excluding hydrogens is 1860 g/mol. The molecule has 0 saturated heterocycles. The van der Waals surface area contributed by atoms with E-state index in [1.165, 1.54) is 38.4 Å². The highest BCUT2D eigenvalue weighted by Gasteiger charge is 2.44. The Morgan fingerprint density at radius 2 is 1.13 bits per heavy atom. The quantitative estimate of drug-likeness (QED) is 0.0124. The smallest absolute Gasteiger partial charge is 0.305 e. The Balaban J connectivity index is 0.966. The highest BCUT2D eigenvalue weighted by atomic mass is 19.1. The summed E-state index contributed by atoms with van der Waals surface area (Å²) < 4.78 is 23.3. The van der Waals surface area contributed by atoms with E-state index in [0.29, 0.717) is 74.4 Å². The summed E-state index contributed by atoms with van der Waals surface area (Å²) in [7, 11) is 0. The predicted molar refractivity (Wildman–Crippen MR) is 499 cm³/mol. The van der Waals surface area contributed by atoms with Crippen molar-refractivity contribution >= 4 is 106 Å². The average molecular weight is 1980 g/mol. The van der Waals surface area contributed by atoms with E-state index in [4.69, 9.17) is 10.5 Å². The summed E-state index contributed by atoms with van der Waals surface area (Å²) in [5, 5.41) is 111. The molecule has 0 saturated carbocycles. The molecule has 0 bridgehead atoms. The van der Waals surface area contributed by atoms with Crippen molar-refractivity contribution in [1.29, 1.82) is 0 Å². The van der Waals surface area contributed by atoms with E-state index in [-0.39, 0.29) is 37.3 Å². The molecule has 0 fully saturated rings. The fourth-order valence-corrected chi connectivity index (χ4v) is 14.2. The summed E-state index contributed by atoms with van der Waals surface area (Å²) in [5.41, 5.74) is 8.32. The number of amides is 17. The number of rotatable bonds is 59. The second-order valence-corrected chi connectivity index (χ2v) is 34.2. The van der Waals surface area contributed by atoms with Crippen LogP contribution >= 0.6 is 0 Å². The van der Waals surface area contributed by atoms with Crippen molar-refractivity contribution < 1.29 is 121 Å². The van der Waals surface area contributed by atoms with Crippen molar-refractivity contribution in [3.05, 3.63) is 160 Å². The first kappa shape index (κ1) is 113. The zero-order chi connectivity index (χ0) is 105. The maximum Gasteiger partial charge on any atom is 0.305 e. The topological polar surface area (TPSA) is 750 Å². The number of tetrazole rings is 1. The van der Waals surface area contributed by atoms with Crippen LogP contribution in [0.4, 0.5) is 4.39 Å². The van der Waals surface area contributed by atoms with Crippen LogP contribution in [0, 0.1) is 25.1 Å². The molecule has 0 radical (unpaired) electrons. The Kier molecular flexibility index (Phi) is 44.5. The van der Waals surface area contributed by atoms with Gasteiger partial charge in [0.2, 0.25) is 100 Å². The summed E-state index contributed by atoms with van der Waals surface area (Å²) in [6, 6.07) is 9.00. The number of primary amides is 1. The van der Waals surface area contributed by atoms with Gasteiger partial charge in [0.25, 0.3) is 0 Å². The van der Waals surface area contributed by atoms with E-state index in [0.717, 1.165) is 67.1 Å². The number of carboxylic acid groups (broad SMARTS) is 1. The Bertz CT molecular complexity index is 5530. The number of unbranched alkanes of at least 4 members (excludes halogenated alkanes) is 1. The third-order valence-corrected chi connectivity index (χ3v) is 22.0. The third kappa shape index (κ3) is 37.2. The lowest BCUT2D eigenvalue weighted by Crippen LogP contribution is -2.67. The normalized spacial score (nSPS) is 13.7. The second kappa shape index (κ2) is 55.8. The Morgan fingerprint density at radius 1 is 0.556 bits per heavy atom. The first-order valence-electron chi connectivity index (χ1n) is 45.3. The number of aromatic nitrogens is 9. The molecule has 0 aliphatic heterocycles. The number of halogens is 1. The van der Waals surface area contributed by atoms with Gasteiger partial charge in [0.05, 0.1) is 90.2 Å². The van der Waals surface area contributed by atoms with Crippen molar-refractivity contribution in [2.75, 3.05) is 59.1 Å². The number of aliphatic hydroxyl groups excluding tert-OH is 4. The standard InChI is InChI=1S/C91H123FN26O24/c1-10-56-34-61(142-29-14-13-28-118-45-60(112-117-118)39-96-71(124)40-97-72(125)41-98-73(126)42-99-74(127)43-100-81(133)68(46-119)103-53(6)123)24-25-62(56)57-22-20-54(21-23-57)33-65(82(134)104-64(79(93)131)19-15-16-55-31-49(2)30-50(3)32-55)105-83(135)67(36-76(129)130)106-84(136)69(47-120)107-85(137)77(51(4)121)110-89(141)91(9,37-58-17-11-12-18-63(58)92)111-86(138)78(52(5)122)109-75(128)44-101-80(132)66(35-70-113-115-116-114-70)108-88(140)90(7,8)87(139)95-27-26-59-38-94-48-102-59/h11-12,17-18,20-25,30-32,34,38,45,48,51-52,64-69,77-78,119-122H,10,13-16,19,26-29,33,35-37,39-44,46-47H2,1-9H3,(H2,93,131)(H,94,102)(H,95,139)(H,96,124)(H,97,125)(H,98,126)(H,99,127)(H,100,133)(H,101,132)(H,103,123)(H,104,134)(H,105,135)(H,106,136)(H,107,137)(H,108,140)(H,109,128)(H,110,141)(H,111,138)(H,129,130)(H,113,114,115,116)/t51-,52-,64+,65+,66+,67+,68+,69+,77+,78+,91+/m1/s1. The Labute approximate surface area is 813 Å². The summed E-state index contributed by atoms with van der Waals surface area (Å²) >= 11 is 0. The van der Waals surface area contributed by atoms with Gasteiger partial charge in [-0.25, -0.2) is 14.5 Å². The van der Waals surface area contributed by atoms with E-state index in [1.807, 2.05) is 51.1 Å². The molecule has 0 aliphatic rings. The lowest BCUT2D eigenvalue weighted by Gasteiger charge is -2.34. The molecule has 0 spiro atoms. The summed E-state index contributed by atoms with van der Waals surface area (Å²) in [5.74, 6) is -18.8. The van der Waals surface area contributed by atoms with Crippen LogP contribution in [0.3, 0.4) is 0 Å². The number of carbonyl (C=O) groups is 18. The minimum atomic E-state index is -2.44. The molecule has 7 aromatic rings. The van der Waals surface area contributed by atoms with Gasteiger partial charge in [-0.15, -0.1) is 10.2 Å². The Hall–Kier alpha value is -15.7. The summed E-state index contributed by atoms with van der Waals surface area (Å²) in [6.07, 6.45) is 1.15. The van der Waals surface area contributed by atoms with Crippen molar-refractivity contribution in [3.8, 4) is 16.9 Å². The molecule has 3 aromatic heterocycles. The fourth-order valence-electron chi connectivity index (χ4n) is 14.2. The summed E-state index contributed by atoms with van der Waals surface area (Å²) in [4.78, 5) is 246. The van der Waals surface area contributed by atoms with E-state index in [9.17, 15) is 112 Å². The fraction of sp³-hybridized carbons (Fsp3) is 0.473. The number of aryl methyl sites for hydroxylation is 5. The van der Waals surface area contributed by atoms with E-state index >= 15 is 4.39 Å². The Morgan fingerprint density at radius 3 is 1.73 bits per heavy atom. The highest BCUT2D eigenvalue weighted by molar-refractivity contribution is 6.06. The molecule has 51 heteroatoms. The highest BCUT2D eigenvalue weighted by Crippen LogP contribution is 2.30. The van der Waals surface area contributed by atoms with E-state index < -0.39 is 249 Å². The molecule has 25 N–H and O–H groups in total. The molecule has 17 amide bonds. The number of aliphatic carboxylic acids is 1. The van der Waals surface area contributed by atoms with Crippen LogP contribution < -0.4 is 95.5 Å². The van der Waals surface area contributed by atoms with Crippen LogP contribution in [0.1, 0.15) is 131 Å². The third-order valence-electron chi connectivity index (χ3n) is 22.0. The van der Waals surface area contributed by atoms with Crippen LogP contribution in [0.25, 0.3) is 11.1 Å². The van der Waals surface area contributed by atoms with E-state index in [1.54, 1.807) is 47.4 Å². The molecule has 4 aromatic carbocycles. The second-order valence-electron chi connectivity index (χ2n) is 34.2. The molecule has 142 heavy (non-hydrogen) atoms. The molecule has 3 heterocycles. The van der Waals surface area contributed by atoms with Gasteiger partial charge in [0.1, 0.15) is 76.5 Å². The van der Waals surface area contributed by atoms with Gasteiger partial charge in [-0.3, -0.25) is 91.0 Å². The zero-order valence-electron chi connectivity index (χ0n) is 79.7. The number of carboxylic acids is 1. The van der Waals surface area contributed by atoms with Gasteiger partial charge in [-0.2, -0.15) is 0 Å². The minimum absolute atomic E-state index is 0.0109. The predicted octanol–water partition coefficient (Wildman–Crippen LogP) is -6.53. The van der Waals surface area contributed by atoms with E-state index in [2.05, 4.69) is 126 Å². The van der Waals surface area contributed by atoms with Crippen LogP contribution in [-0.4, -0.2) is 303 Å². The molecule has 50 nitrogen and oxygen atoms in total. The number of nitrogens with zero attached hydrogens (tertiary/aromatic N) is 7. The van der Waals surface area contributed by atoms with Crippen LogP contribution in [0.5, 0.6) is 5.75 Å². The minimum Gasteiger partial charge on any atom is -0.494 e.